The van der Waals surface area contributed by atoms with E-state index in [1.807, 2.05) is 6.92 Å². The van der Waals surface area contributed by atoms with Crippen LogP contribution in [0.1, 0.15) is 42.3 Å². The normalized spacial score (nSPS) is 15.4. The second-order valence-corrected chi connectivity index (χ2v) is 7.67. The number of fused-ring (bicyclic) bond motifs is 1. The molecule has 0 saturated heterocycles. The fourth-order valence-electron chi connectivity index (χ4n) is 3.92. The molecule has 3 aromatic rings. The molecule has 160 valence electrons. The van der Waals surface area contributed by atoms with E-state index in [1.54, 1.807) is 12.1 Å². The van der Waals surface area contributed by atoms with Crippen molar-refractivity contribution >= 4 is 23.4 Å². The van der Waals surface area contributed by atoms with E-state index in [-0.39, 0.29) is 24.4 Å². The van der Waals surface area contributed by atoms with Gasteiger partial charge in [-0.3, -0.25) is 4.79 Å². The maximum atomic E-state index is 13.3. The first-order chi connectivity index (χ1) is 14.9. The summed E-state index contributed by atoms with van der Waals surface area (Å²) in [6, 6.07) is 14.6. The van der Waals surface area contributed by atoms with E-state index in [0.717, 1.165) is 24.3 Å². The van der Waals surface area contributed by atoms with Gasteiger partial charge < -0.3 is 15.0 Å². The van der Waals surface area contributed by atoms with Crippen molar-refractivity contribution in [2.45, 2.75) is 39.8 Å². The SMILES string of the molecule is CC(=O)OCc1nc(Nc2ccc(F)cc2)nc(N2CCc3ccccc3C2C)c1C. The number of carbonyl (C=O) groups excluding carboxylic acids is 1. The summed E-state index contributed by atoms with van der Waals surface area (Å²) in [5, 5.41) is 3.14. The highest BCUT2D eigenvalue weighted by Gasteiger charge is 2.27. The molecule has 0 fully saturated rings. The Balaban J connectivity index is 1.72. The molecule has 1 unspecified atom stereocenters. The van der Waals surface area contributed by atoms with Crippen molar-refractivity contribution in [3.63, 3.8) is 0 Å². The van der Waals surface area contributed by atoms with Crippen LogP contribution in [0.4, 0.5) is 21.8 Å². The lowest BCUT2D eigenvalue weighted by molar-refractivity contribution is -0.142. The van der Waals surface area contributed by atoms with Gasteiger partial charge in [-0.15, -0.1) is 0 Å². The molecule has 1 aliphatic rings. The number of anilines is 3. The highest BCUT2D eigenvalue weighted by atomic mass is 19.1. The summed E-state index contributed by atoms with van der Waals surface area (Å²) in [5.74, 6) is 0.490. The average Bonchev–Trinajstić information content (AvgIpc) is 2.76. The first kappa shape index (κ1) is 20.8. The van der Waals surface area contributed by atoms with Crippen LogP contribution in [0.15, 0.2) is 48.5 Å². The maximum Gasteiger partial charge on any atom is 0.303 e. The van der Waals surface area contributed by atoms with Gasteiger partial charge in [0, 0.05) is 24.7 Å². The molecule has 0 amide bonds. The van der Waals surface area contributed by atoms with Crippen LogP contribution < -0.4 is 10.2 Å². The van der Waals surface area contributed by atoms with Gasteiger partial charge in [0.15, 0.2) is 0 Å². The van der Waals surface area contributed by atoms with E-state index in [2.05, 4.69) is 46.4 Å². The van der Waals surface area contributed by atoms with Crippen molar-refractivity contribution in [3.8, 4) is 0 Å². The van der Waals surface area contributed by atoms with E-state index < -0.39 is 0 Å². The van der Waals surface area contributed by atoms with Gasteiger partial charge in [-0.2, -0.15) is 4.98 Å². The van der Waals surface area contributed by atoms with Gasteiger partial charge in [0.05, 0.1) is 11.7 Å². The second kappa shape index (κ2) is 8.71. The summed E-state index contributed by atoms with van der Waals surface area (Å²) >= 11 is 0. The molecule has 1 aliphatic heterocycles. The molecule has 0 radical (unpaired) electrons. The highest BCUT2D eigenvalue weighted by Crippen LogP contribution is 2.35. The summed E-state index contributed by atoms with van der Waals surface area (Å²) in [6.45, 7) is 6.37. The third-order valence-electron chi connectivity index (χ3n) is 5.60. The lowest BCUT2D eigenvalue weighted by Gasteiger charge is -2.37. The van der Waals surface area contributed by atoms with Crippen LogP contribution in [-0.2, 0) is 22.6 Å². The molecule has 0 spiro atoms. The summed E-state index contributed by atoms with van der Waals surface area (Å²) in [6.07, 6.45) is 0.921. The Morgan fingerprint density at radius 1 is 1.19 bits per heavy atom. The monoisotopic (exact) mass is 420 g/mol. The molecule has 6 nitrogen and oxygen atoms in total. The summed E-state index contributed by atoms with van der Waals surface area (Å²) in [7, 11) is 0. The third kappa shape index (κ3) is 4.50. The number of aromatic nitrogens is 2. The summed E-state index contributed by atoms with van der Waals surface area (Å²) < 4.78 is 18.5. The number of nitrogens with zero attached hydrogens (tertiary/aromatic N) is 3. The standard InChI is InChI=1S/C24H25FN4O2/c1-15-22(14-31-17(3)30)27-24(26-20-10-8-19(25)9-11-20)28-23(15)29-13-12-18-6-4-5-7-21(18)16(29)2/h4-11,16H,12-14H2,1-3H3,(H,26,27,28). The summed E-state index contributed by atoms with van der Waals surface area (Å²) in [4.78, 5) is 23.0. The number of esters is 1. The minimum absolute atomic E-state index is 0.0631. The highest BCUT2D eigenvalue weighted by molar-refractivity contribution is 5.66. The van der Waals surface area contributed by atoms with Crippen LogP contribution in [0.2, 0.25) is 0 Å². The van der Waals surface area contributed by atoms with E-state index >= 15 is 0 Å². The Bertz CT molecular complexity index is 1100. The summed E-state index contributed by atoms with van der Waals surface area (Å²) in [5.41, 5.74) is 4.81. The van der Waals surface area contributed by atoms with Crippen molar-refractivity contribution in [2.75, 3.05) is 16.8 Å². The predicted octanol–water partition coefficient (Wildman–Crippen LogP) is 4.85. The first-order valence-electron chi connectivity index (χ1n) is 10.3. The molecule has 1 aromatic heterocycles. The van der Waals surface area contributed by atoms with E-state index in [0.29, 0.717) is 17.3 Å². The van der Waals surface area contributed by atoms with E-state index in [9.17, 15) is 9.18 Å². The number of rotatable bonds is 5. The van der Waals surface area contributed by atoms with Crippen molar-refractivity contribution in [1.29, 1.82) is 0 Å². The van der Waals surface area contributed by atoms with Crippen LogP contribution in [-0.4, -0.2) is 22.5 Å². The number of hydrogen-bond acceptors (Lipinski definition) is 6. The number of carbonyl (C=O) groups is 1. The van der Waals surface area contributed by atoms with Crippen molar-refractivity contribution in [2.24, 2.45) is 0 Å². The van der Waals surface area contributed by atoms with Crippen LogP contribution in [0, 0.1) is 12.7 Å². The third-order valence-corrected chi connectivity index (χ3v) is 5.60. The Labute approximate surface area is 181 Å². The fraction of sp³-hybridized carbons (Fsp3) is 0.292. The molecule has 31 heavy (non-hydrogen) atoms. The lowest BCUT2D eigenvalue weighted by atomic mass is 9.93. The topological polar surface area (TPSA) is 67.3 Å². The van der Waals surface area contributed by atoms with Gasteiger partial charge in [0.25, 0.3) is 0 Å². The van der Waals surface area contributed by atoms with Crippen molar-refractivity contribution in [3.05, 3.63) is 76.7 Å². The number of nitrogens with one attached hydrogen (secondary N) is 1. The smallest absolute Gasteiger partial charge is 0.303 e. The number of halogens is 1. The average molecular weight is 420 g/mol. The number of ether oxygens (including phenoxy) is 1. The van der Waals surface area contributed by atoms with Crippen molar-refractivity contribution in [1.82, 2.24) is 9.97 Å². The minimum atomic E-state index is -0.368. The van der Waals surface area contributed by atoms with E-state index in [4.69, 9.17) is 9.72 Å². The largest absolute Gasteiger partial charge is 0.459 e. The Morgan fingerprint density at radius 2 is 1.94 bits per heavy atom. The second-order valence-electron chi connectivity index (χ2n) is 7.67. The van der Waals surface area contributed by atoms with Gasteiger partial charge >= 0.3 is 5.97 Å². The van der Waals surface area contributed by atoms with Crippen LogP contribution in [0.5, 0.6) is 0 Å². The Morgan fingerprint density at radius 3 is 2.68 bits per heavy atom. The number of benzene rings is 2. The molecule has 7 heteroatoms. The molecular formula is C24H25FN4O2. The van der Waals surface area contributed by atoms with Crippen LogP contribution in [0.3, 0.4) is 0 Å². The quantitative estimate of drug-likeness (QED) is 0.595. The lowest BCUT2D eigenvalue weighted by Crippen LogP contribution is -2.35. The molecule has 2 heterocycles. The number of hydrogen-bond donors (Lipinski definition) is 1. The van der Waals surface area contributed by atoms with Gasteiger partial charge in [-0.25, -0.2) is 9.37 Å². The van der Waals surface area contributed by atoms with E-state index in [1.165, 1.54) is 30.2 Å². The molecule has 1 N–H and O–H groups in total. The fourth-order valence-corrected chi connectivity index (χ4v) is 3.92. The predicted molar refractivity (Wildman–Crippen MR) is 118 cm³/mol. The van der Waals surface area contributed by atoms with Gasteiger partial charge in [-0.1, -0.05) is 24.3 Å². The minimum Gasteiger partial charge on any atom is -0.459 e. The van der Waals surface area contributed by atoms with Crippen molar-refractivity contribution < 1.29 is 13.9 Å². The molecular weight excluding hydrogens is 395 g/mol. The molecule has 2 aromatic carbocycles. The molecule has 0 aliphatic carbocycles. The van der Waals surface area contributed by atoms with Gasteiger partial charge in [-0.05, 0) is 55.7 Å². The molecule has 0 saturated carbocycles. The Kier molecular flexibility index (Phi) is 5.84. The zero-order chi connectivity index (χ0) is 22.0. The van der Waals surface area contributed by atoms with Crippen LogP contribution >= 0.6 is 0 Å². The van der Waals surface area contributed by atoms with Gasteiger partial charge in [0.2, 0.25) is 5.95 Å². The maximum absolute atomic E-state index is 13.3. The van der Waals surface area contributed by atoms with Gasteiger partial charge in [0.1, 0.15) is 18.2 Å². The zero-order valence-corrected chi connectivity index (χ0v) is 17.9. The zero-order valence-electron chi connectivity index (χ0n) is 17.9. The molecule has 0 bridgehead atoms. The van der Waals surface area contributed by atoms with Crippen LogP contribution in [0.25, 0.3) is 0 Å². The Hall–Kier alpha value is -3.48. The molecule has 1 atom stereocenters. The molecule has 4 rings (SSSR count). The first-order valence-corrected chi connectivity index (χ1v) is 10.3.